The van der Waals surface area contributed by atoms with E-state index in [0.717, 1.165) is 0 Å². The van der Waals surface area contributed by atoms with E-state index in [1.165, 1.54) is 216 Å². The van der Waals surface area contributed by atoms with Crippen LogP contribution in [0.1, 0.15) is 63.8 Å². The van der Waals surface area contributed by atoms with Gasteiger partial charge in [0.2, 0.25) is 0 Å². The number of hydrogen-bond acceptors (Lipinski definition) is 7. The second-order valence-corrected chi connectivity index (χ2v) is 32.6. The number of methoxy groups -OCH3 is 2. The third-order valence-electron chi connectivity index (χ3n) is 29.3. The molecule has 5 aliphatic rings. The summed E-state index contributed by atoms with van der Waals surface area (Å²) in [5.74, 6) is -0.602. The number of hydrogen-bond donors (Lipinski definition) is 0. The van der Waals surface area contributed by atoms with Crippen molar-refractivity contribution in [3.63, 3.8) is 0 Å². The van der Waals surface area contributed by atoms with E-state index in [-0.39, 0.29) is 11.9 Å². The highest BCUT2D eigenvalue weighted by Gasteiger charge is 3.00. The van der Waals surface area contributed by atoms with E-state index in [9.17, 15) is 0 Å². The average molecular weight is 1110 g/mol. The van der Waals surface area contributed by atoms with E-state index in [2.05, 4.69) is 55.6 Å². The summed E-state index contributed by atoms with van der Waals surface area (Å²) in [6, 6.07) is 0. The zero-order valence-electron chi connectivity index (χ0n) is 47.7. The number of benzene rings is 18. The molecule has 392 valence electrons. The van der Waals surface area contributed by atoms with Crippen LogP contribution in [0.3, 0.4) is 0 Å². The average Bonchev–Trinajstić information content (AvgIpc) is 1.36. The van der Waals surface area contributed by atoms with E-state index in [1.807, 2.05) is 0 Å². The van der Waals surface area contributed by atoms with Gasteiger partial charge in [-0.05, 0) is 313 Å². The molecular formula is C78H36N3O4P. The zero-order chi connectivity index (χ0) is 54.6. The first-order chi connectivity index (χ1) is 42.4. The molecule has 1 saturated carbocycles. The summed E-state index contributed by atoms with van der Waals surface area (Å²) in [5.41, 5.74) is 1.72. The van der Waals surface area contributed by atoms with Gasteiger partial charge in [-0.3, -0.25) is 18.8 Å². The molecule has 5 aliphatic carbocycles. The van der Waals surface area contributed by atoms with Crippen molar-refractivity contribution in [3.05, 3.63) is 22.3 Å². The minimum atomic E-state index is -3.31. The topological polar surface area (TPSA) is 62.3 Å². The predicted octanol–water partition coefficient (Wildman–Crippen LogP) is 18.6. The zero-order valence-corrected chi connectivity index (χ0v) is 48.6. The summed E-state index contributed by atoms with van der Waals surface area (Å²) in [6.45, 7) is 18.0. The summed E-state index contributed by atoms with van der Waals surface area (Å²) in [5, 5.41) is 81.8. The Balaban J connectivity index is 1.07. The highest BCUT2D eigenvalue weighted by molar-refractivity contribution is 7.71. The van der Waals surface area contributed by atoms with Crippen molar-refractivity contribution in [1.29, 1.82) is 0 Å². The van der Waals surface area contributed by atoms with Crippen LogP contribution in [0.15, 0.2) is 0 Å². The third kappa shape index (κ3) is 2.21. The Hall–Kier alpha value is -8.42. The molecule has 0 atom stereocenters. The maximum Gasteiger partial charge on any atom is 0.338 e. The van der Waals surface area contributed by atoms with Crippen LogP contribution in [0.4, 0.5) is 0 Å². The van der Waals surface area contributed by atoms with Gasteiger partial charge in [-0.2, -0.15) is 0 Å². The molecule has 0 heterocycles. The van der Waals surface area contributed by atoms with Crippen LogP contribution in [0.2, 0.25) is 0 Å². The van der Waals surface area contributed by atoms with Crippen molar-refractivity contribution in [3.8, 4) is 0 Å². The molecule has 28 aromatic rings. The molecule has 0 amide bonds. The maximum atomic E-state index is 18.2. The number of carbonyl (C=O) groups is 2. The highest BCUT2D eigenvalue weighted by atomic mass is 31.2. The molecule has 33 rings (SSSR count). The van der Waals surface area contributed by atoms with Crippen molar-refractivity contribution in [2.45, 2.75) is 52.4 Å². The molecule has 0 saturated heterocycles. The fraction of sp³-hybridized carbons (Fsp3) is 0.218. The number of ether oxygens (including phenoxy) is 2. The van der Waals surface area contributed by atoms with E-state index in [4.69, 9.17) is 9.47 Å². The fourth-order valence-corrected chi connectivity index (χ4v) is 34.4. The van der Waals surface area contributed by atoms with Gasteiger partial charge in [-0.25, -0.2) is 4.79 Å². The summed E-state index contributed by atoms with van der Waals surface area (Å²) < 4.78 is 21.7. The first-order valence-electron chi connectivity index (χ1n) is 32.3. The SMILES string of the molecule is CCN(CC)P(=C(C(=O)OC)C1(C(=O)OC)C23c4c5c6c7c8c9c(c%10c%11c2c2c4c4c%12c5c5c6c6c8c8c%13c9c9c%10c%10c%11c%11c2c2c4c4c%12c%12c5c5c6c8c6c8c%13c9c9c%10c%10c%11c2c2c4c4c%12c5c6c5c8c9c%10c2c45)C713)(N(CC)CC)N(CC)CC. The van der Waals surface area contributed by atoms with Crippen LogP contribution in [-0.4, -0.2) is 84.7 Å². The smallest absolute Gasteiger partial charge is 0.338 e. The molecule has 0 aromatic heterocycles. The number of carbonyl (C=O) groups excluding carboxylic acids is 2. The minimum absolute atomic E-state index is 0.260. The van der Waals surface area contributed by atoms with Crippen molar-refractivity contribution in [2.24, 2.45) is 5.41 Å². The lowest BCUT2D eigenvalue weighted by molar-refractivity contribution is -0.146. The molecule has 0 bridgehead atoms. The minimum Gasteiger partial charge on any atom is -0.468 e. The van der Waals surface area contributed by atoms with Crippen LogP contribution in [0.5, 0.6) is 0 Å². The van der Waals surface area contributed by atoms with Crippen LogP contribution < -0.4 is 0 Å². The Labute approximate surface area is 479 Å². The Morgan fingerprint density at radius 1 is 0.267 bits per heavy atom. The normalized spacial score (nSPS) is 22.3. The second-order valence-electron chi connectivity index (χ2n) is 29.3. The van der Waals surface area contributed by atoms with Gasteiger partial charge in [0.25, 0.3) is 0 Å². The van der Waals surface area contributed by atoms with Crippen LogP contribution in [0.25, 0.3) is 291 Å². The van der Waals surface area contributed by atoms with E-state index >= 15 is 9.59 Å². The van der Waals surface area contributed by atoms with Gasteiger partial charge < -0.3 is 9.47 Å². The summed E-state index contributed by atoms with van der Waals surface area (Å²) >= 11 is 0. The predicted molar refractivity (Wildman–Crippen MR) is 361 cm³/mol. The summed E-state index contributed by atoms with van der Waals surface area (Å²) in [7, 11) is -0.00476. The van der Waals surface area contributed by atoms with Crippen LogP contribution in [0, 0.1) is 5.41 Å². The first kappa shape index (κ1) is 38.6. The molecule has 7 nitrogen and oxygen atoms in total. The Bertz CT molecular complexity index is 7280. The lowest BCUT2D eigenvalue weighted by atomic mass is 9.68. The van der Waals surface area contributed by atoms with Gasteiger partial charge >= 0.3 is 11.9 Å². The molecule has 0 N–H and O–H groups in total. The maximum absolute atomic E-state index is 18.2. The lowest BCUT2D eigenvalue weighted by Crippen LogP contribution is -2.51. The lowest BCUT2D eigenvalue weighted by Gasteiger charge is -2.52. The van der Waals surface area contributed by atoms with Crippen molar-refractivity contribution in [2.75, 3.05) is 53.5 Å². The van der Waals surface area contributed by atoms with Crippen molar-refractivity contribution < 1.29 is 19.1 Å². The van der Waals surface area contributed by atoms with E-state index < -0.39 is 23.6 Å². The van der Waals surface area contributed by atoms with E-state index in [0.29, 0.717) is 44.6 Å². The molecule has 1 fully saturated rings. The van der Waals surface area contributed by atoms with Crippen molar-refractivity contribution >= 4 is 315 Å². The Morgan fingerprint density at radius 3 is 0.547 bits per heavy atom. The monoisotopic (exact) mass is 1110 g/mol. The fourth-order valence-electron chi connectivity index (χ4n) is 28.9. The number of nitrogens with zero attached hydrogens (tertiary/aromatic N) is 3. The molecular weight excluding hydrogens is 1070 g/mol. The molecule has 0 unspecified atom stereocenters. The summed E-state index contributed by atoms with van der Waals surface area (Å²) in [4.78, 5) is 35.6. The second kappa shape index (κ2) is 9.41. The first-order valence-corrected chi connectivity index (χ1v) is 34.0. The largest absolute Gasteiger partial charge is 0.468 e. The molecule has 0 radical (unpaired) electrons. The molecule has 2 spiro atoms. The van der Waals surface area contributed by atoms with E-state index in [1.54, 1.807) is 111 Å². The van der Waals surface area contributed by atoms with Gasteiger partial charge in [0, 0.05) is 39.3 Å². The number of rotatable bonds is 12. The molecule has 28 aromatic carbocycles. The van der Waals surface area contributed by atoms with Gasteiger partial charge in [0.15, 0.2) is 0 Å². The van der Waals surface area contributed by atoms with Gasteiger partial charge in [0.05, 0.1) is 37.7 Å². The third-order valence-corrected chi connectivity index (χ3v) is 34.5. The summed E-state index contributed by atoms with van der Waals surface area (Å²) in [6.07, 6.45) is 0. The standard InChI is InChI=1S/C78H36N3O4P/c1-9-79(10-2)86(80(11-3)12-4,81(13-5)14-6)73(74(82)84-7)78(75(83)85-8)76-69-61-53-43-33-25-17-15-16-19-23-21(17)29-37-31(23)41-35-27(19)28-20(16)24-22-18(15)26(25)34-40-30(22)38-32(24)42-36(28)46-45(35)55-49(41)59-51(37)57(47(53)39(29)33)65(69)67(59)71-63(55)64-56(46)50(42)60-52(38)58-48(40)54(44(34)43)62(61)70(76)66(58)68(60)72(64)77(71,76)78/h9-14H2,1-8H3. The quantitative estimate of drug-likeness (QED) is 0.0686. The molecule has 8 heteroatoms. The molecule has 86 heavy (non-hydrogen) atoms. The highest BCUT2D eigenvalue weighted by Crippen LogP contribution is 2.98. The van der Waals surface area contributed by atoms with Gasteiger partial charge in [-0.1, -0.05) is 41.5 Å². The van der Waals surface area contributed by atoms with Crippen molar-refractivity contribution in [1.82, 2.24) is 14.0 Å². The Morgan fingerprint density at radius 2 is 0.419 bits per heavy atom. The molecule has 0 aliphatic heterocycles. The Kier molecular flexibility index (Phi) is 4.22. The van der Waals surface area contributed by atoms with Crippen LogP contribution >= 0.6 is 7.34 Å². The number of esters is 2. The van der Waals surface area contributed by atoms with Crippen LogP contribution in [-0.2, 0) is 29.9 Å². The van der Waals surface area contributed by atoms with Gasteiger partial charge in [0.1, 0.15) is 5.41 Å². The van der Waals surface area contributed by atoms with Gasteiger partial charge in [-0.15, -0.1) is 0 Å².